The van der Waals surface area contributed by atoms with E-state index in [4.69, 9.17) is 10.5 Å². The fraction of sp³-hybridized carbons (Fsp3) is 0.538. The lowest BCUT2D eigenvalue weighted by Gasteiger charge is -2.22. The van der Waals surface area contributed by atoms with Crippen molar-refractivity contribution in [2.45, 2.75) is 39.7 Å². The molecule has 1 atom stereocenters. The highest BCUT2D eigenvalue weighted by molar-refractivity contribution is 7.18. The Labute approximate surface area is 111 Å². The van der Waals surface area contributed by atoms with Crippen molar-refractivity contribution in [1.82, 2.24) is 9.97 Å². The van der Waals surface area contributed by atoms with Crippen LogP contribution in [0.15, 0.2) is 6.33 Å². The Bertz CT molecular complexity index is 563. The molecule has 2 aromatic rings. The lowest BCUT2D eigenvalue weighted by molar-refractivity contribution is 0.221. The molecule has 98 valence electrons. The van der Waals surface area contributed by atoms with Gasteiger partial charge in [-0.15, -0.1) is 11.3 Å². The first kappa shape index (κ1) is 13.2. The van der Waals surface area contributed by atoms with Crippen LogP contribution < -0.4 is 10.5 Å². The number of aromatic nitrogens is 2. The molecular formula is C13H19N3OS. The van der Waals surface area contributed by atoms with Gasteiger partial charge in [0.15, 0.2) is 0 Å². The average molecular weight is 265 g/mol. The second-order valence-corrected chi connectivity index (χ2v) is 6.14. The topological polar surface area (TPSA) is 61.0 Å². The van der Waals surface area contributed by atoms with Crippen molar-refractivity contribution < 1.29 is 4.74 Å². The van der Waals surface area contributed by atoms with Crippen molar-refractivity contribution >= 4 is 21.6 Å². The van der Waals surface area contributed by atoms with E-state index in [1.54, 1.807) is 17.7 Å². The van der Waals surface area contributed by atoms with E-state index in [-0.39, 0.29) is 5.54 Å². The van der Waals surface area contributed by atoms with Crippen molar-refractivity contribution in [3.05, 3.63) is 16.8 Å². The molecule has 0 bridgehead atoms. The van der Waals surface area contributed by atoms with Crippen molar-refractivity contribution in [3.8, 4) is 5.88 Å². The molecule has 0 saturated carbocycles. The van der Waals surface area contributed by atoms with Gasteiger partial charge in [-0.3, -0.25) is 0 Å². The maximum absolute atomic E-state index is 6.09. The van der Waals surface area contributed by atoms with Gasteiger partial charge >= 0.3 is 0 Å². The van der Waals surface area contributed by atoms with E-state index in [1.165, 1.54) is 10.4 Å². The molecule has 4 nitrogen and oxygen atoms in total. The predicted molar refractivity (Wildman–Crippen MR) is 75.3 cm³/mol. The molecule has 5 heteroatoms. The van der Waals surface area contributed by atoms with E-state index in [9.17, 15) is 0 Å². The van der Waals surface area contributed by atoms with E-state index in [1.807, 2.05) is 6.92 Å². The number of ether oxygens (including phenoxy) is 1. The molecule has 0 aliphatic rings. The first-order chi connectivity index (χ1) is 8.44. The van der Waals surface area contributed by atoms with Crippen molar-refractivity contribution in [3.63, 3.8) is 0 Å². The van der Waals surface area contributed by atoms with Gasteiger partial charge in [-0.2, -0.15) is 0 Å². The fourth-order valence-electron chi connectivity index (χ4n) is 1.59. The molecule has 0 fully saturated rings. The second-order valence-electron chi connectivity index (χ2n) is 4.94. The fourth-order valence-corrected chi connectivity index (χ4v) is 2.58. The second kappa shape index (κ2) is 4.82. The summed E-state index contributed by atoms with van der Waals surface area (Å²) in [5, 5.41) is 1.02. The number of aryl methyl sites for hydroxylation is 2. The van der Waals surface area contributed by atoms with E-state index in [0.717, 1.165) is 16.6 Å². The number of nitrogens with zero attached hydrogens (tertiary/aromatic N) is 2. The SMILES string of the molecule is CCC(C)(N)COc1ncnc2sc(C)c(C)c12. The maximum atomic E-state index is 6.09. The smallest absolute Gasteiger partial charge is 0.225 e. The normalized spacial score (nSPS) is 14.7. The zero-order valence-electron chi connectivity index (χ0n) is 11.3. The Morgan fingerprint density at radius 3 is 2.78 bits per heavy atom. The number of hydrogen-bond acceptors (Lipinski definition) is 5. The first-order valence-electron chi connectivity index (χ1n) is 6.07. The lowest BCUT2D eigenvalue weighted by atomic mass is 10.0. The minimum Gasteiger partial charge on any atom is -0.475 e. The Hall–Kier alpha value is -1.20. The number of rotatable bonds is 4. The molecular weight excluding hydrogens is 246 g/mol. The van der Waals surface area contributed by atoms with E-state index < -0.39 is 0 Å². The van der Waals surface area contributed by atoms with Crippen molar-refractivity contribution in [1.29, 1.82) is 0 Å². The third-order valence-electron chi connectivity index (χ3n) is 3.28. The zero-order valence-corrected chi connectivity index (χ0v) is 12.1. The summed E-state index contributed by atoms with van der Waals surface area (Å²) in [6.07, 6.45) is 2.41. The Balaban J connectivity index is 2.34. The molecule has 2 rings (SSSR count). The molecule has 0 spiro atoms. The molecule has 0 saturated heterocycles. The van der Waals surface area contributed by atoms with Gasteiger partial charge in [0.25, 0.3) is 0 Å². The standard InChI is InChI=1S/C13H19N3OS/c1-5-13(4,14)6-17-11-10-8(2)9(3)18-12(10)16-7-15-11/h7H,5-6,14H2,1-4H3. The monoisotopic (exact) mass is 265 g/mol. The molecule has 0 aliphatic carbocycles. The summed E-state index contributed by atoms with van der Waals surface area (Å²) >= 11 is 1.67. The number of hydrogen-bond donors (Lipinski definition) is 1. The minimum absolute atomic E-state index is 0.323. The summed E-state index contributed by atoms with van der Waals surface area (Å²) < 4.78 is 5.80. The van der Waals surface area contributed by atoms with E-state index in [0.29, 0.717) is 12.5 Å². The summed E-state index contributed by atoms with van der Waals surface area (Å²) in [5.41, 5.74) is 6.96. The van der Waals surface area contributed by atoms with Gasteiger partial charge in [-0.25, -0.2) is 9.97 Å². The van der Waals surface area contributed by atoms with E-state index in [2.05, 4.69) is 30.7 Å². The van der Waals surface area contributed by atoms with Gasteiger partial charge < -0.3 is 10.5 Å². The molecule has 0 aliphatic heterocycles. The third kappa shape index (κ3) is 2.47. The van der Waals surface area contributed by atoms with Crippen molar-refractivity contribution in [2.75, 3.05) is 6.61 Å². The molecule has 0 aromatic carbocycles. The maximum Gasteiger partial charge on any atom is 0.225 e. The van der Waals surface area contributed by atoms with Gasteiger partial charge in [0, 0.05) is 10.4 Å². The van der Waals surface area contributed by atoms with Crippen LogP contribution in [-0.2, 0) is 0 Å². The van der Waals surface area contributed by atoms with Crippen LogP contribution in [0.5, 0.6) is 5.88 Å². The van der Waals surface area contributed by atoms with Crippen LogP contribution in [0.25, 0.3) is 10.2 Å². The van der Waals surface area contributed by atoms with Gasteiger partial charge in [-0.05, 0) is 32.8 Å². The molecule has 2 heterocycles. The highest BCUT2D eigenvalue weighted by Crippen LogP contribution is 2.33. The highest BCUT2D eigenvalue weighted by atomic mass is 32.1. The van der Waals surface area contributed by atoms with Crippen LogP contribution in [0, 0.1) is 13.8 Å². The third-order valence-corrected chi connectivity index (χ3v) is 4.39. The number of nitrogens with two attached hydrogens (primary N) is 1. The zero-order chi connectivity index (χ0) is 13.3. The van der Waals surface area contributed by atoms with Crippen LogP contribution in [0.1, 0.15) is 30.7 Å². The van der Waals surface area contributed by atoms with Gasteiger partial charge in [-0.1, -0.05) is 6.92 Å². The minimum atomic E-state index is -0.323. The summed E-state index contributed by atoms with van der Waals surface area (Å²) in [6.45, 7) is 8.66. The summed E-state index contributed by atoms with van der Waals surface area (Å²) in [7, 11) is 0. The van der Waals surface area contributed by atoms with Crippen molar-refractivity contribution in [2.24, 2.45) is 5.73 Å². The Morgan fingerprint density at radius 2 is 2.11 bits per heavy atom. The van der Waals surface area contributed by atoms with Crippen LogP contribution in [0.2, 0.25) is 0 Å². The quantitative estimate of drug-likeness (QED) is 0.923. The summed E-state index contributed by atoms with van der Waals surface area (Å²) in [5.74, 6) is 0.645. The number of thiophene rings is 1. The van der Waals surface area contributed by atoms with Crippen LogP contribution in [-0.4, -0.2) is 22.1 Å². The predicted octanol–water partition coefficient (Wildman–Crippen LogP) is 2.81. The Kier molecular flexibility index (Phi) is 3.54. The molecule has 2 N–H and O–H groups in total. The lowest BCUT2D eigenvalue weighted by Crippen LogP contribution is -2.41. The Morgan fingerprint density at radius 1 is 1.39 bits per heavy atom. The van der Waals surface area contributed by atoms with Crippen LogP contribution in [0.3, 0.4) is 0 Å². The molecule has 1 unspecified atom stereocenters. The summed E-state index contributed by atoms with van der Waals surface area (Å²) in [6, 6.07) is 0. The molecule has 18 heavy (non-hydrogen) atoms. The number of fused-ring (bicyclic) bond motifs is 1. The van der Waals surface area contributed by atoms with Crippen LogP contribution in [0.4, 0.5) is 0 Å². The van der Waals surface area contributed by atoms with E-state index >= 15 is 0 Å². The molecule has 0 radical (unpaired) electrons. The molecule has 2 aromatic heterocycles. The first-order valence-corrected chi connectivity index (χ1v) is 6.88. The van der Waals surface area contributed by atoms with Gasteiger partial charge in [0.05, 0.1) is 5.39 Å². The van der Waals surface area contributed by atoms with Gasteiger partial charge in [0.1, 0.15) is 17.8 Å². The largest absolute Gasteiger partial charge is 0.475 e. The van der Waals surface area contributed by atoms with Crippen LogP contribution >= 0.6 is 11.3 Å². The van der Waals surface area contributed by atoms with Gasteiger partial charge in [0.2, 0.25) is 5.88 Å². The highest BCUT2D eigenvalue weighted by Gasteiger charge is 2.19. The average Bonchev–Trinajstić information content (AvgIpc) is 2.63. The summed E-state index contributed by atoms with van der Waals surface area (Å²) in [4.78, 5) is 10.7. The molecule has 0 amide bonds.